The SMILES string of the molecule is CCCCC(CC)C(CCOP(=O)(O)O)C(CC)CCCC. The fraction of sp³-hybridized carbons (Fsp3) is 1.00. The molecule has 134 valence electrons. The molecule has 0 rings (SSSR count). The second-order valence-electron chi connectivity index (χ2n) is 6.40. The van der Waals surface area contributed by atoms with E-state index < -0.39 is 7.82 Å². The normalized spacial score (nSPS) is 16.5. The van der Waals surface area contributed by atoms with Gasteiger partial charge in [0.05, 0.1) is 6.61 Å². The lowest BCUT2D eigenvalue weighted by Gasteiger charge is -2.33. The zero-order valence-corrected chi connectivity index (χ0v) is 15.9. The molecule has 2 atom stereocenters. The van der Waals surface area contributed by atoms with Crippen molar-refractivity contribution < 1.29 is 18.9 Å². The van der Waals surface area contributed by atoms with Crippen LogP contribution in [0.15, 0.2) is 0 Å². The number of hydrogen-bond acceptors (Lipinski definition) is 2. The minimum absolute atomic E-state index is 0.167. The average Bonchev–Trinajstić information content (AvgIpc) is 2.46. The number of phosphoric acid groups is 1. The Morgan fingerprint density at radius 2 is 1.32 bits per heavy atom. The fourth-order valence-electron chi connectivity index (χ4n) is 3.54. The van der Waals surface area contributed by atoms with Gasteiger partial charge < -0.3 is 9.79 Å². The summed E-state index contributed by atoms with van der Waals surface area (Å²) < 4.78 is 15.6. The van der Waals surface area contributed by atoms with E-state index in [1.54, 1.807) is 0 Å². The fourth-order valence-corrected chi connectivity index (χ4v) is 3.88. The quantitative estimate of drug-likeness (QED) is 0.409. The number of unbranched alkanes of at least 4 members (excludes halogenated alkanes) is 2. The van der Waals surface area contributed by atoms with Crippen LogP contribution in [-0.2, 0) is 9.09 Å². The first kappa shape index (κ1) is 22.1. The van der Waals surface area contributed by atoms with Crippen molar-refractivity contribution in [2.75, 3.05) is 6.61 Å². The van der Waals surface area contributed by atoms with E-state index in [1.807, 2.05) is 0 Å². The van der Waals surface area contributed by atoms with E-state index >= 15 is 0 Å². The maximum Gasteiger partial charge on any atom is 0.469 e. The summed E-state index contributed by atoms with van der Waals surface area (Å²) in [6.07, 6.45) is 10.4. The molecule has 0 saturated heterocycles. The Labute approximate surface area is 137 Å². The third-order valence-electron chi connectivity index (χ3n) is 4.83. The first-order valence-electron chi connectivity index (χ1n) is 9.09. The summed E-state index contributed by atoms with van der Waals surface area (Å²) in [5, 5.41) is 0. The summed E-state index contributed by atoms with van der Waals surface area (Å²) in [7, 11) is -4.34. The first-order valence-corrected chi connectivity index (χ1v) is 10.6. The summed E-state index contributed by atoms with van der Waals surface area (Å²) in [5.74, 6) is 1.80. The highest BCUT2D eigenvalue weighted by Crippen LogP contribution is 2.39. The lowest BCUT2D eigenvalue weighted by Crippen LogP contribution is -2.25. The van der Waals surface area contributed by atoms with E-state index in [-0.39, 0.29) is 6.61 Å². The van der Waals surface area contributed by atoms with Crippen LogP contribution in [0.25, 0.3) is 0 Å². The summed E-state index contributed by atoms with van der Waals surface area (Å²) in [6.45, 7) is 9.08. The van der Waals surface area contributed by atoms with Gasteiger partial charge in [0.25, 0.3) is 0 Å². The number of hydrogen-bond donors (Lipinski definition) is 2. The van der Waals surface area contributed by atoms with Crippen molar-refractivity contribution >= 4 is 7.82 Å². The molecular formula is C17H37O4P. The first-order chi connectivity index (χ1) is 10.4. The van der Waals surface area contributed by atoms with Gasteiger partial charge >= 0.3 is 7.82 Å². The highest BCUT2D eigenvalue weighted by Gasteiger charge is 2.27. The molecule has 0 aliphatic heterocycles. The predicted molar refractivity (Wildman–Crippen MR) is 92.7 cm³/mol. The lowest BCUT2D eigenvalue weighted by atomic mass is 9.73. The number of rotatable bonds is 14. The van der Waals surface area contributed by atoms with Gasteiger partial charge in [-0.25, -0.2) is 4.57 Å². The third kappa shape index (κ3) is 9.99. The molecule has 0 aromatic rings. The van der Waals surface area contributed by atoms with Gasteiger partial charge in [0.2, 0.25) is 0 Å². The minimum atomic E-state index is -4.34. The molecule has 0 aromatic carbocycles. The molecular weight excluding hydrogens is 299 g/mol. The van der Waals surface area contributed by atoms with Gasteiger partial charge in [-0.15, -0.1) is 0 Å². The highest BCUT2D eigenvalue weighted by molar-refractivity contribution is 7.46. The molecule has 0 aromatic heterocycles. The number of phosphoric ester groups is 1. The van der Waals surface area contributed by atoms with Crippen LogP contribution in [0.2, 0.25) is 0 Å². The highest BCUT2D eigenvalue weighted by atomic mass is 31.2. The topological polar surface area (TPSA) is 66.8 Å². The smallest absolute Gasteiger partial charge is 0.303 e. The molecule has 0 fully saturated rings. The zero-order valence-electron chi connectivity index (χ0n) is 15.0. The van der Waals surface area contributed by atoms with Crippen LogP contribution in [0.3, 0.4) is 0 Å². The van der Waals surface area contributed by atoms with Crippen molar-refractivity contribution in [3.8, 4) is 0 Å². The van der Waals surface area contributed by atoms with Crippen molar-refractivity contribution in [2.24, 2.45) is 17.8 Å². The molecule has 0 aliphatic carbocycles. The Hall–Kier alpha value is 0.110. The van der Waals surface area contributed by atoms with Gasteiger partial charge in [0.1, 0.15) is 0 Å². The van der Waals surface area contributed by atoms with Crippen LogP contribution in [-0.4, -0.2) is 16.4 Å². The van der Waals surface area contributed by atoms with E-state index in [4.69, 9.17) is 14.3 Å². The molecule has 0 amide bonds. The van der Waals surface area contributed by atoms with Crippen molar-refractivity contribution in [3.05, 3.63) is 0 Å². The van der Waals surface area contributed by atoms with Gasteiger partial charge in [0.15, 0.2) is 0 Å². The summed E-state index contributed by atoms with van der Waals surface area (Å²) in [4.78, 5) is 17.8. The van der Waals surface area contributed by atoms with E-state index in [0.29, 0.717) is 17.8 Å². The minimum Gasteiger partial charge on any atom is -0.303 e. The van der Waals surface area contributed by atoms with Crippen LogP contribution in [0.5, 0.6) is 0 Å². The second-order valence-corrected chi connectivity index (χ2v) is 7.64. The Balaban J connectivity index is 4.79. The van der Waals surface area contributed by atoms with Crippen molar-refractivity contribution in [1.29, 1.82) is 0 Å². The van der Waals surface area contributed by atoms with Crippen LogP contribution >= 0.6 is 7.82 Å². The monoisotopic (exact) mass is 336 g/mol. The molecule has 0 saturated carbocycles. The summed E-state index contributed by atoms with van der Waals surface area (Å²) >= 11 is 0. The van der Waals surface area contributed by atoms with Gasteiger partial charge in [-0.3, -0.25) is 4.52 Å². The van der Waals surface area contributed by atoms with Crippen LogP contribution in [0.1, 0.15) is 85.5 Å². The summed E-state index contributed by atoms with van der Waals surface area (Å²) in [6, 6.07) is 0. The van der Waals surface area contributed by atoms with Gasteiger partial charge in [-0.1, -0.05) is 79.1 Å². The molecule has 0 bridgehead atoms. The largest absolute Gasteiger partial charge is 0.469 e. The molecule has 4 nitrogen and oxygen atoms in total. The molecule has 0 heterocycles. The average molecular weight is 336 g/mol. The van der Waals surface area contributed by atoms with Crippen molar-refractivity contribution in [1.82, 2.24) is 0 Å². The van der Waals surface area contributed by atoms with E-state index in [9.17, 15) is 4.57 Å². The van der Waals surface area contributed by atoms with Crippen LogP contribution < -0.4 is 0 Å². The van der Waals surface area contributed by atoms with Gasteiger partial charge in [0, 0.05) is 0 Å². The Morgan fingerprint density at radius 3 is 1.64 bits per heavy atom. The van der Waals surface area contributed by atoms with Gasteiger partial charge in [-0.05, 0) is 24.2 Å². The van der Waals surface area contributed by atoms with Crippen LogP contribution in [0, 0.1) is 17.8 Å². The molecule has 0 radical (unpaired) electrons. The molecule has 2 N–H and O–H groups in total. The third-order valence-corrected chi connectivity index (χ3v) is 5.35. The maximum absolute atomic E-state index is 10.9. The van der Waals surface area contributed by atoms with E-state index in [1.165, 1.54) is 38.5 Å². The molecule has 2 unspecified atom stereocenters. The molecule has 0 aliphatic rings. The van der Waals surface area contributed by atoms with Gasteiger partial charge in [-0.2, -0.15) is 0 Å². The Kier molecular flexibility index (Phi) is 12.6. The second kappa shape index (κ2) is 12.5. The maximum atomic E-state index is 10.9. The summed E-state index contributed by atoms with van der Waals surface area (Å²) in [5.41, 5.74) is 0. The van der Waals surface area contributed by atoms with Crippen molar-refractivity contribution in [2.45, 2.75) is 85.5 Å². The molecule has 5 heteroatoms. The van der Waals surface area contributed by atoms with Crippen LogP contribution in [0.4, 0.5) is 0 Å². The lowest BCUT2D eigenvalue weighted by molar-refractivity contribution is 0.128. The Morgan fingerprint density at radius 1 is 0.864 bits per heavy atom. The predicted octanol–water partition coefficient (Wildman–Crippen LogP) is 5.53. The molecule has 0 spiro atoms. The standard InChI is InChI=1S/C17H37O4P/c1-5-9-11-15(7-3)17(13-14-21-22(18,19)20)16(8-4)12-10-6-2/h15-17H,5-14H2,1-4H3,(H2,18,19,20). The Bertz CT molecular complexity index is 287. The van der Waals surface area contributed by atoms with E-state index in [0.717, 1.165) is 19.3 Å². The van der Waals surface area contributed by atoms with E-state index in [2.05, 4.69) is 27.7 Å². The molecule has 22 heavy (non-hydrogen) atoms. The van der Waals surface area contributed by atoms with Crippen molar-refractivity contribution in [3.63, 3.8) is 0 Å². The zero-order chi connectivity index (χ0) is 17.0.